The van der Waals surface area contributed by atoms with Gasteiger partial charge in [0.15, 0.2) is 0 Å². The SMILES string of the molecule is N#Cc1cc(-c2cccnc2)c2c(c1)cc1n2CCNC1=O. The number of pyridine rings is 1. The molecule has 2 aromatic heterocycles. The molecular formula is C17H12N4O. The number of fused-ring (bicyclic) bond motifs is 3. The van der Waals surface area contributed by atoms with E-state index in [2.05, 4.69) is 16.4 Å². The van der Waals surface area contributed by atoms with Crippen molar-refractivity contribution in [1.29, 1.82) is 5.26 Å². The Labute approximate surface area is 126 Å². The number of benzene rings is 1. The molecule has 0 spiro atoms. The van der Waals surface area contributed by atoms with Gasteiger partial charge in [-0.05, 0) is 24.3 Å². The fourth-order valence-corrected chi connectivity index (χ4v) is 3.01. The van der Waals surface area contributed by atoms with Gasteiger partial charge >= 0.3 is 0 Å². The van der Waals surface area contributed by atoms with Gasteiger partial charge in [-0.1, -0.05) is 6.07 Å². The minimum atomic E-state index is -0.0712. The number of carbonyl (C=O) groups is 1. The summed E-state index contributed by atoms with van der Waals surface area (Å²) in [5, 5.41) is 13.0. The van der Waals surface area contributed by atoms with Crippen LogP contribution in [-0.2, 0) is 6.54 Å². The molecule has 3 heterocycles. The van der Waals surface area contributed by atoms with E-state index in [-0.39, 0.29) is 5.91 Å². The van der Waals surface area contributed by atoms with Crippen LogP contribution >= 0.6 is 0 Å². The molecule has 5 nitrogen and oxygen atoms in total. The number of nitrogens with one attached hydrogen (secondary N) is 1. The summed E-state index contributed by atoms with van der Waals surface area (Å²) in [5.41, 5.74) is 4.08. The van der Waals surface area contributed by atoms with Gasteiger partial charge in [0.1, 0.15) is 5.69 Å². The van der Waals surface area contributed by atoms with Crippen molar-refractivity contribution in [3.8, 4) is 17.2 Å². The maximum absolute atomic E-state index is 12.0. The molecule has 0 bridgehead atoms. The van der Waals surface area contributed by atoms with E-state index in [1.807, 2.05) is 34.9 Å². The van der Waals surface area contributed by atoms with Gasteiger partial charge in [0.05, 0.1) is 17.1 Å². The summed E-state index contributed by atoms with van der Waals surface area (Å²) in [7, 11) is 0. The quantitative estimate of drug-likeness (QED) is 0.747. The van der Waals surface area contributed by atoms with E-state index >= 15 is 0 Å². The molecule has 1 N–H and O–H groups in total. The van der Waals surface area contributed by atoms with E-state index < -0.39 is 0 Å². The average molecular weight is 288 g/mol. The Morgan fingerprint density at radius 2 is 2.23 bits per heavy atom. The average Bonchev–Trinajstić information content (AvgIpc) is 2.95. The summed E-state index contributed by atoms with van der Waals surface area (Å²) in [6, 6.07) is 11.6. The number of nitrogens with zero attached hydrogens (tertiary/aromatic N) is 3. The molecule has 1 aliphatic heterocycles. The molecule has 1 amide bonds. The molecular weight excluding hydrogens is 276 g/mol. The Morgan fingerprint density at radius 3 is 3.00 bits per heavy atom. The van der Waals surface area contributed by atoms with Crippen molar-refractivity contribution in [2.24, 2.45) is 0 Å². The van der Waals surface area contributed by atoms with Crippen LogP contribution in [0.15, 0.2) is 42.7 Å². The first-order valence-electron chi connectivity index (χ1n) is 7.04. The van der Waals surface area contributed by atoms with Gasteiger partial charge in [-0.2, -0.15) is 5.26 Å². The highest BCUT2D eigenvalue weighted by Gasteiger charge is 2.22. The van der Waals surface area contributed by atoms with Crippen LogP contribution in [0.2, 0.25) is 0 Å². The van der Waals surface area contributed by atoms with Gasteiger partial charge in [-0.25, -0.2) is 0 Å². The molecule has 3 aromatic rings. The fraction of sp³-hybridized carbons (Fsp3) is 0.118. The zero-order chi connectivity index (χ0) is 15.1. The first-order valence-corrected chi connectivity index (χ1v) is 7.04. The summed E-state index contributed by atoms with van der Waals surface area (Å²) >= 11 is 0. The number of amides is 1. The Morgan fingerprint density at radius 1 is 1.32 bits per heavy atom. The molecule has 4 rings (SSSR count). The maximum atomic E-state index is 12.0. The van der Waals surface area contributed by atoms with Crippen LogP contribution in [0.4, 0.5) is 0 Å². The second kappa shape index (κ2) is 4.71. The van der Waals surface area contributed by atoms with Gasteiger partial charge in [0, 0.05) is 42.0 Å². The molecule has 0 saturated heterocycles. The molecule has 5 heteroatoms. The number of carbonyl (C=O) groups excluding carboxylic acids is 1. The largest absolute Gasteiger partial charge is 0.349 e. The molecule has 106 valence electrons. The molecule has 0 radical (unpaired) electrons. The third-order valence-corrected chi connectivity index (χ3v) is 3.95. The number of hydrogen-bond acceptors (Lipinski definition) is 3. The van der Waals surface area contributed by atoms with Crippen molar-refractivity contribution >= 4 is 16.8 Å². The standard InChI is InChI=1S/C17H12N4O/c18-9-11-6-13-8-15-17(22)20-4-5-21(15)16(13)14(7-11)12-2-1-3-19-10-12/h1-3,6-8,10H,4-5H2,(H,20,22). The van der Waals surface area contributed by atoms with Gasteiger partial charge in [0.2, 0.25) is 0 Å². The zero-order valence-electron chi connectivity index (χ0n) is 11.7. The van der Waals surface area contributed by atoms with Crippen molar-refractivity contribution in [2.75, 3.05) is 6.54 Å². The van der Waals surface area contributed by atoms with Crippen molar-refractivity contribution in [3.05, 3.63) is 54.0 Å². The van der Waals surface area contributed by atoms with Gasteiger partial charge < -0.3 is 9.88 Å². The Kier molecular flexibility index (Phi) is 2.70. The normalized spacial score (nSPS) is 13.5. The highest BCUT2D eigenvalue weighted by molar-refractivity contribution is 6.04. The Bertz CT molecular complexity index is 935. The Hall–Kier alpha value is -3.13. The third kappa shape index (κ3) is 1.78. The van der Waals surface area contributed by atoms with Crippen LogP contribution in [0.1, 0.15) is 16.1 Å². The van der Waals surface area contributed by atoms with Crippen LogP contribution in [0, 0.1) is 11.3 Å². The van der Waals surface area contributed by atoms with Gasteiger partial charge in [-0.3, -0.25) is 9.78 Å². The number of nitriles is 1. The van der Waals surface area contributed by atoms with Crippen molar-refractivity contribution in [2.45, 2.75) is 6.54 Å². The molecule has 0 saturated carbocycles. The van der Waals surface area contributed by atoms with Crippen molar-refractivity contribution < 1.29 is 4.79 Å². The molecule has 0 aliphatic carbocycles. The summed E-state index contributed by atoms with van der Waals surface area (Å²) in [6.07, 6.45) is 3.49. The van der Waals surface area contributed by atoms with E-state index in [0.29, 0.717) is 17.8 Å². The van der Waals surface area contributed by atoms with Crippen LogP contribution in [0.3, 0.4) is 0 Å². The first kappa shape index (κ1) is 12.6. The lowest BCUT2D eigenvalue weighted by Crippen LogP contribution is -2.34. The van der Waals surface area contributed by atoms with Crippen molar-refractivity contribution in [1.82, 2.24) is 14.9 Å². The molecule has 0 unspecified atom stereocenters. The van der Waals surface area contributed by atoms with Crippen LogP contribution in [0.5, 0.6) is 0 Å². The predicted molar refractivity (Wildman–Crippen MR) is 82.2 cm³/mol. The van der Waals surface area contributed by atoms with Crippen LogP contribution in [0.25, 0.3) is 22.0 Å². The fourth-order valence-electron chi connectivity index (χ4n) is 3.01. The van der Waals surface area contributed by atoms with E-state index in [4.69, 9.17) is 0 Å². The molecule has 1 aromatic carbocycles. The summed E-state index contributed by atoms with van der Waals surface area (Å²) in [4.78, 5) is 16.2. The zero-order valence-corrected chi connectivity index (χ0v) is 11.7. The second-order valence-electron chi connectivity index (χ2n) is 5.25. The van der Waals surface area contributed by atoms with E-state index in [9.17, 15) is 10.1 Å². The highest BCUT2D eigenvalue weighted by atomic mass is 16.2. The molecule has 0 fully saturated rings. The summed E-state index contributed by atoms with van der Waals surface area (Å²) in [6.45, 7) is 1.34. The topological polar surface area (TPSA) is 70.7 Å². The van der Waals surface area contributed by atoms with Crippen molar-refractivity contribution in [3.63, 3.8) is 0 Å². The first-order chi connectivity index (χ1) is 10.8. The lowest BCUT2D eigenvalue weighted by molar-refractivity contribution is 0.0929. The number of aromatic nitrogens is 2. The molecule has 1 aliphatic rings. The maximum Gasteiger partial charge on any atom is 0.268 e. The molecule has 0 atom stereocenters. The lowest BCUT2D eigenvalue weighted by Gasteiger charge is -2.18. The third-order valence-electron chi connectivity index (χ3n) is 3.95. The number of hydrogen-bond donors (Lipinski definition) is 1. The van der Waals surface area contributed by atoms with E-state index in [0.717, 1.165) is 28.6 Å². The van der Waals surface area contributed by atoms with Crippen LogP contribution in [-0.4, -0.2) is 22.0 Å². The monoisotopic (exact) mass is 288 g/mol. The minimum absolute atomic E-state index is 0.0712. The van der Waals surface area contributed by atoms with E-state index in [1.54, 1.807) is 12.4 Å². The minimum Gasteiger partial charge on any atom is -0.349 e. The highest BCUT2D eigenvalue weighted by Crippen LogP contribution is 2.33. The summed E-state index contributed by atoms with van der Waals surface area (Å²) < 4.78 is 2.03. The summed E-state index contributed by atoms with van der Waals surface area (Å²) in [5.74, 6) is -0.0712. The smallest absolute Gasteiger partial charge is 0.268 e. The van der Waals surface area contributed by atoms with Gasteiger partial charge in [-0.15, -0.1) is 0 Å². The lowest BCUT2D eigenvalue weighted by atomic mass is 10.0. The molecule has 22 heavy (non-hydrogen) atoms. The number of rotatable bonds is 1. The van der Waals surface area contributed by atoms with E-state index in [1.165, 1.54) is 0 Å². The Balaban J connectivity index is 2.10. The van der Waals surface area contributed by atoms with Gasteiger partial charge in [0.25, 0.3) is 5.91 Å². The predicted octanol–water partition coefficient (Wildman–Crippen LogP) is 2.32. The second-order valence-corrected chi connectivity index (χ2v) is 5.25. The van der Waals surface area contributed by atoms with Crippen LogP contribution < -0.4 is 5.32 Å².